The molecule has 3 aliphatic heterocycles. The lowest BCUT2D eigenvalue weighted by Gasteiger charge is -2.47. The van der Waals surface area contributed by atoms with Gasteiger partial charge in [-0.3, -0.25) is 19.5 Å². The van der Waals surface area contributed by atoms with Crippen LogP contribution in [0.15, 0.2) is 34.7 Å². The number of amides is 1. The molecule has 0 radical (unpaired) electrons. The highest BCUT2D eigenvalue weighted by Gasteiger charge is 2.40. The molecule has 0 saturated carbocycles. The van der Waals surface area contributed by atoms with Crippen LogP contribution in [0.2, 0.25) is 0 Å². The lowest BCUT2D eigenvalue weighted by molar-refractivity contribution is -0.130. The SMILES string of the molecule is O=C(NC[C@H]1[C@H]2C[C@H](CN(Cc3cncs3)C2)c2cccc(=O)n21)[C@H]1CCCO1. The highest BCUT2D eigenvalue weighted by atomic mass is 32.1. The Kier molecular flexibility index (Phi) is 5.24. The summed E-state index contributed by atoms with van der Waals surface area (Å²) in [5.74, 6) is 0.632. The highest BCUT2D eigenvalue weighted by Crippen LogP contribution is 2.41. The zero-order chi connectivity index (χ0) is 19.8. The van der Waals surface area contributed by atoms with Gasteiger partial charge >= 0.3 is 0 Å². The molecule has 5 rings (SSSR count). The molecule has 0 spiro atoms. The Bertz CT molecular complexity index is 922. The summed E-state index contributed by atoms with van der Waals surface area (Å²) in [4.78, 5) is 33.2. The van der Waals surface area contributed by atoms with E-state index in [4.69, 9.17) is 4.74 Å². The molecule has 2 saturated heterocycles. The molecule has 8 heteroatoms. The third kappa shape index (κ3) is 3.76. The smallest absolute Gasteiger partial charge is 0.251 e. The van der Waals surface area contributed by atoms with Gasteiger partial charge in [-0.15, -0.1) is 11.3 Å². The van der Waals surface area contributed by atoms with Gasteiger partial charge in [0.15, 0.2) is 0 Å². The lowest BCUT2D eigenvalue weighted by Crippen LogP contribution is -2.52. The number of nitrogens with one attached hydrogen (secondary N) is 1. The number of fused-ring (bicyclic) bond motifs is 4. The summed E-state index contributed by atoms with van der Waals surface area (Å²) >= 11 is 1.68. The van der Waals surface area contributed by atoms with Crippen LogP contribution in [-0.2, 0) is 16.1 Å². The van der Waals surface area contributed by atoms with Crippen molar-refractivity contribution in [2.45, 2.75) is 43.9 Å². The van der Waals surface area contributed by atoms with Gasteiger partial charge in [-0.1, -0.05) is 6.07 Å². The quantitative estimate of drug-likeness (QED) is 0.807. The molecule has 1 amide bonds. The maximum Gasteiger partial charge on any atom is 0.251 e. The summed E-state index contributed by atoms with van der Waals surface area (Å²) < 4.78 is 7.45. The van der Waals surface area contributed by atoms with Crippen LogP contribution in [0.3, 0.4) is 0 Å². The predicted octanol–water partition coefficient (Wildman–Crippen LogP) is 1.76. The van der Waals surface area contributed by atoms with Gasteiger partial charge in [0.2, 0.25) is 5.91 Å². The molecule has 0 aromatic carbocycles. The molecule has 0 unspecified atom stereocenters. The molecule has 29 heavy (non-hydrogen) atoms. The summed E-state index contributed by atoms with van der Waals surface area (Å²) in [5.41, 5.74) is 3.00. The van der Waals surface area contributed by atoms with Gasteiger partial charge < -0.3 is 14.6 Å². The minimum Gasteiger partial charge on any atom is -0.368 e. The van der Waals surface area contributed by atoms with Gasteiger partial charge in [0.25, 0.3) is 5.56 Å². The first kappa shape index (κ1) is 19.0. The molecule has 2 fully saturated rings. The third-order valence-corrected chi connectivity index (χ3v) is 7.21. The lowest BCUT2D eigenvalue weighted by atomic mass is 9.78. The fourth-order valence-electron chi connectivity index (χ4n) is 5.17. The summed E-state index contributed by atoms with van der Waals surface area (Å²) in [6, 6.07) is 5.55. The number of pyridine rings is 1. The minimum absolute atomic E-state index is 0.0236. The van der Waals surface area contributed by atoms with Crippen molar-refractivity contribution < 1.29 is 9.53 Å². The Morgan fingerprint density at radius 1 is 1.34 bits per heavy atom. The number of aromatic nitrogens is 2. The van der Waals surface area contributed by atoms with Crippen LogP contribution < -0.4 is 10.9 Å². The van der Waals surface area contributed by atoms with E-state index in [1.54, 1.807) is 17.4 Å². The molecule has 7 nitrogen and oxygen atoms in total. The standard InChI is InChI=1S/C21H26N4O3S/c26-20-5-1-3-17-14-7-15(11-24(10-14)12-16-8-22-13-29-16)18(25(17)20)9-23-21(27)19-4-2-6-28-19/h1,3,5,8,13-15,18-19H,2,4,6-7,9-12H2,(H,23,27)/t14-,15+,18+,19-/m1/s1. The van der Waals surface area contributed by atoms with Crippen LogP contribution in [0.25, 0.3) is 0 Å². The van der Waals surface area contributed by atoms with E-state index in [0.717, 1.165) is 44.6 Å². The van der Waals surface area contributed by atoms with Gasteiger partial charge in [-0.05, 0) is 31.2 Å². The molecular weight excluding hydrogens is 388 g/mol. The molecule has 1 N–H and O–H groups in total. The van der Waals surface area contributed by atoms with Crippen molar-refractivity contribution in [3.63, 3.8) is 0 Å². The Morgan fingerprint density at radius 2 is 2.28 bits per heavy atom. The maximum atomic E-state index is 12.7. The van der Waals surface area contributed by atoms with Crippen LogP contribution in [-0.4, -0.2) is 52.7 Å². The fraction of sp³-hybridized carbons (Fsp3) is 0.571. The van der Waals surface area contributed by atoms with Crippen LogP contribution in [0.4, 0.5) is 0 Å². The van der Waals surface area contributed by atoms with Crippen molar-refractivity contribution in [3.05, 3.63) is 50.8 Å². The van der Waals surface area contributed by atoms with E-state index in [1.165, 1.54) is 4.88 Å². The number of piperidine rings is 1. The number of rotatable bonds is 5. The Balaban J connectivity index is 1.38. The molecular formula is C21H26N4O3S. The Hall–Kier alpha value is -2.03. The molecule has 3 aliphatic rings. The van der Waals surface area contributed by atoms with E-state index >= 15 is 0 Å². The number of hydrogen-bond acceptors (Lipinski definition) is 6. The number of likely N-dealkylation sites (tertiary alicyclic amines) is 1. The molecule has 2 aromatic heterocycles. The van der Waals surface area contributed by atoms with Crippen LogP contribution >= 0.6 is 11.3 Å². The second-order valence-corrected chi connectivity index (χ2v) is 9.30. The largest absolute Gasteiger partial charge is 0.368 e. The second kappa shape index (κ2) is 8.01. The number of carbonyl (C=O) groups is 1. The molecule has 4 atom stereocenters. The van der Waals surface area contributed by atoms with Crippen molar-refractivity contribution in [2.24, 2.45) is 5.92 Å². The summed E-state index contributed by atoms with van der Waals surface area (Å²) in [6.45, 7) is 3.90. The normalized spacial score (nSPS) is 28.8. The van der Waals surface area contributed by atoms with E-state index in [1.807, 2.05) is 22.3 Å². The fourth-order valence-corrected chi connectivity index (χ4v) is 5.81. The number of carbonyl (C=O) groups excluding carboxylic acids is 1. The summed E-state index contributed by atoms with van der Waals surface area (Å²) in [5, 5.41) is 3.08. The molecule has 5 heterocycles. The van der Waals surface area contributed by atoms with E-state index in [2.05, 4.69) is 21.3 Å². The molecule has 0 aliphatic carbocycles. The number of ether oxygens (including phenoxy) is 1. The van der Waals surface area contributed by atoms with E-state index in [9.17, 15) is 9.59 Å². The van der Waals surface area contributed by atoms with Crippen LogP contribution in [0.1, 0.15) is 41.8 Å². The monoisotopic (exact) mass is 414 g/mol. The van der Waals surface area contributed by atoms with Gasteiger partial charge in [-0.25, -0.2) is 0 Å². The Morgan fingerprint density at radius 3 is 3.07 bits per heavy atom. The van der Waals surface area contributed by atoms with Crippen LogP contribution in [0.5, 0.6) is 0 Å². The van der Waals surface area contributed by atoms with Gasteiger partial charge in [0, 0.05) is 61.5 Å². The zero-order valence-corrected chi connectivity index (χ0v) is 17.1. The Labute approximate surface area is 173 Å². The maximum absolute atomic E-state index is 12.7. The first-order valence-electron chi connectivity index (χ1n) is 10.4. The van der Waals surface area contributed by atoms with Gasteiger partial charge in [0.1, 0.15) is 6.10 Å². The van der Waals surface area contributed by atoms with Crippen molar-refractivity contribution >= 4 is 17.2 Å². The van der Waals surface area contributed by atoms with Gasteiger partial charge in [0.05, 0.1) is 11.6 Å². The molecule has 154 valence electrons. The number of nitrogens with zero attached hydrogens (tertiary/aromatic N) is 3. The summed E-state index contributed by atoms with van der Waals surface area (Å²) in [6.07, 6.45) is 4.37. The number of thiazole rings is 1. The second-order valence-electron chi connectivity index (χ2n) is 8.33. The topological polar surface area (TPSA) is 76.5 Å². The van der Waals surface area contributed by atoms with E-state index in [-0.39, 0.29) is 23.6 Å². The highest BCUT2D eigenvalue weighted by molar-refractivity contribution is 7.09. The molecule has 2 bridgehead atoms. The average molecular weight is 415 g/mol. The van der Waals surface area contributed by atoms with Crippen molar-refractivity contribution in [1.82, 2.24) is 19.8 Å². The van der Waals surface area contributed by atoms with Crippen molar-refractivity contribution in [1.29, 1.82) is 0 Å². The van der Waals surface area contributed by atoms with Crippen molar-refractivity contribution in [3.8, 4) is 0 Å². The van der Waals surface area contributed by atoms with E-state index in [0.29, 0.717) is 25.0 Å². The van der Waals surface area contributed by atoms with Gasteiger partial charge in [-0.2, -0.15) is 0 Å². The molecule has 2 aromatic rings. The first-order chi connectivity index (χ1) is 14.2. The van der Waals surface area contributed by atoms with Crippen LogP contribution in [0, 0.1) is 5.92 Å². The average Bonchev–Trinajstić information content (AvgIpc) is 3.42. The summed E-state index contributed by atoms with van der Waals surface area (Å²) in [7, 11) is 0. The first-order valence-corrected chi connectivity index (χ1v) is 11.3. The van der Waals surface area contributed by atoms with Crippen molar-refractivity contribution in [2.75, 3.05) is 26.2 Å². The third-order valence-electron chi connectivity index (χ3n) is 6.44. The predicted molar refractivity (Wildman–Crippen MR) is 110 cm³/mol. The van der Waals surface area contributed by atoms with E-state index < -0.39 is 0 Å². The zero-order valence-electron chi connectivity index (χ0n) is 16.3. The number of hydrogen-bond donors (Lipinski definition) is 1. The minimum atomic E-state index is -0.340.